The lowest BCUT2D eigenvalue weighted by atomic mass is 9.99. The molecule has 0 aromatic heterocycles. The molecule has 0 aliphatic rings. The van der Waals surface area contributed by atoms with Crippen LogP contribution < -0.4 is 0 Å². The highest BCUT2D eigenvalue weighted by molar-refractivity contribution is 7.47. The van der Waals surface area contributed by atoms with Crippen molar-refractivity contribution < 1.29 is 80.2 Å². The summed E-state index contributed by atoms with van der Waals surface area (Å²) in [5, 5.41) is 10.6. The van der Waals surface area contributed by atoms with Gasteiger partial charge in [-0.15, -0.1) is 0 Å². The van der Waals surface area contributed by atoms with E-state index < -0.39 is 97.5 Å². The van der Waals surface area contributed by atoms with E-state index in [1.807, 2.05) is 0 Å². The molecule has 0 fully saturated rings. The zero-order valence-corrected chi connectivity index (χ0v) is 62.0. The molecule has 0 heterocycles. The lowest BCUT2D eigenvalue weighted by Crippen LogP contribution is -2.30. The summed E-state index contributed by atoms with van der Waals surface area (Å²) in [5.41, 5.74) is 0. The van der Waals surface area contributed by atoms with Crippen LogP contribution in [0.4, 0.5) is 0 Å². The van der Waals surface area contributed by atoms with Crippen LogP contribution in [0.2, 0.25) is 0 Å². The summed E-state index contributed by atoms with van der Waals surface area (Å²) in [7, 11) is -9.91. The molecule has 0 aromatic rings. The highest BCUT2D eigenvalue weighted by Crippen LogP contribution is 2.45. The Morgan fingerprint density at radius 3 is 0.772 bits per heavy atom. The van der Waals surface area contributed by atoms with E-state index >= 15 is 0 Å². The van der Waals surface area contributed by atoms with Crippen molar-refractivity contribution in [2.75, 3.05) is 39.6 Å². The van der Waals surface area contributed by atoms with Crippen molar-refractivity contribution in [2.24, 2.45) is 23.7 Å². The van der Waals surface area contributed by atoms with Crippen LogP contribution in [0.1, 0.15) is 364 Å². The summed E-state index contributed by atoms with van der Waals surface area (Å²) in [4.78, 5) is 72.6. The number of phosphoric acid groups is 2. The third-order valence-corrected chi connectivity index (χ3v) is 19.1. The van der Waals surface area contributed by atoms with Crippen molar-refractivity contribution in [3.05, 3.63) is 0 Å². The Labute approximate surface area is 562 Å². The highest BCUT2D eigenvalue weighted by Gasteiger charge is 2.30. The van der Waals surface area contributed by atoms with Crippen LogP contribution in [-0.2, 0) is 65.4 Å². The summed E-state index contributed by atoms with van der Waals surface area (Å²) in [6.45, 7) is 14.1. The Hall–Kier alpha value is -1.94. The second kappa shape index (κ2) is 62.6. The molecule has 0 radical (unpaired) electrons. The number of hydrogen-bond acceptors (Lipinski definition) is 15. The Bertz CT molecular complexity index is 1820. The predicted molar refractivity (Wildman–Crippen MR) is 372 cm³/mol. The van der Waals surface area contributed by atoms with Gasteiger partial charge in [-0.3, -0.25) is 37.3 Å². The first-order valence-corrected chi connectivity index (χ1v) is 40.7. The smallest absolute Gasteiger partial charge is 0.462 e. The molecule has 19 heteroatoms. The summed E-state index contributed by atoms with van der Waals surface area (Å²) in [5.74, 6) is 0.879. The Morgan fingerprint density at radius 1 is 0.304 bits per heavy atom. The first kappa shape index (κ1) is 90.1. The maximum absolute atomic E-state index is 13.0. The molecule has 0 aliphatic heterocycles. The first-order chi connectivity index (χ1) is 44.1. The average Bonchev–Trinajstić information content (AvgIpc) is 1.60. The number of carbonyl (C=O) groups is 4. The van der Waals surface area contributed by atoms with E-state index in [1.165, 1.54) is 154 Å². The van der Waals surface area contributed by atoms with Gasteiger partial charge in [0.15, 0.2) is 12.2 Å². The molecule has 6 atom stereocenters. The highest BCUT2D eigenvalue weighted by atomic mass is 31.2. The fourth-order valence-corrected chi connectivity index (χ4v) is 12.6. The molecule has 0 saturated heterocycles. The van der Waals surface area contributed by atoms with Gasteiger partial charge in [0.05, 0.1) is 26.4 Å². The SMILES string of the molecule is CCC(C)CCCCCCCCCCCCCCCCC(=O)O[C@H](COC(=O)CCCCCCCCC(C)C)COP(=O)(O)OCC(O)COP(=O)(O)OC[C@@H](COC(=O)CCCCCCCCCC(C)C)OC(=O)CCCCCCCCCCCCCCC(C)C. The number of unbranched alkanes of at least 4 members (excludes halogenated alkanes) is 35. The number of carbonyl (C=O) groups excluding carboxylic acids is 4. The second-order valence-corrected chi connectivity index (χ2v) is 30.9. The largest absolute Gasteiger partial charge is 0.472 e. The van der Waals surface area contributed by atoms with Gasteiger partial charge in [0.25, 0.3) is 0 Å². The molecule has 0 rings (SSSR count). The summed E-state index contributed by atoms with van der Waals surface area (Å²) in [6.07, 6.45) is 46.0. The Balaban J connectivity index is 5.21. The molecule has 0 aliphatic carbocycles. The molecule has 92 heavy (non-hydrogen) atoms. The van der Waals surface area contributed by atoms with E-state index in [-0.39, 0.29) is 25.7 Å². The number of ether oxygens (including phenoxy) is 4. The van der Waals surface area contributed by atoms with Gasteiger partial charge >= 0.3 is 39.5 Å². The molecular formula is C73H142O17P2. The topological polar surface area (TPSA) is 237 Å². The van der Waals surface area contributed by atoms with Crippen LogP contribution in [-0.4, -0.2) is 96.7 Å². The van der Waals surface area contributed by atoms with Gasteiger partial charge in [0, 0.05) is 25.7 Å². The van der Waals surface area contributed by atoms with Crippen LogP contribution in [0.15, 0.2) is 0 Å². The molecule has 546 valence electrons. The zero-order valence-electron chi connectivity index (χ0n) is 60.2. The van der Waals surface area contributed by atoms with Gasteiger partial charge in [-0.2, -0.15) is 0 Å². The predicted octanol–water partition coefficient (Wildman–Crippen LogP) is 20.9. The number of esters is 4. The van der Waals surface area contributed by atoms with Crippen molar-refractivity contribution in [2.45, 2.75) is 382 Å². The van der Waals surface area contributed by atoms with E-state index in [1.54, 1.807) is 0 Å². The van der Waals surface area contributed by atoms with Crippen molar-refractivity contribution in [3.63, 3.8) is 0 Å². The molecule has 0 aromatic carbocycles. The quantitative estimate of drug-likeness (QED) is 0.0222. The van der Waals surface area contributed by atoms with Crippen molar-refractivity contribution in [3.8, 4) is 0 Å². The van der Waals surface area contributed by atoms with Crippen LogP contribution in [0.3, 0.4) is 0 Å². The van der Waals surface area contributed by atoms with Crippen molar-refractivity contribution >= 4 is 39.5 Å². The number of aliphatic hydroxyl groups excluding tert-OH is 1. The zero-order chi connectivity index (χ0) is 68.2. The molecule has 4 unspecified atom stereocenters. The third-order valence-electron chi connectivity index (χ3n) is 17.2. The molecule has 0 spiro atoms. The molecule has 3 N–H and O–H groups in total. The number of hydrogen-bond donors (Lipinski definition) is 3. The minimum Gasteiger partial charge on any atom is -0.462 e. The second-order valence-electron chi connectivity index (χ2n) is 28.0. The fourth-order valence-electron chi connectivity index (χ4n) is 11.0. The van der Waals surface area contributed by atoms with Crippen LogP contribution in [0, 0.1) is 23.7 Å². The summed E-state index contributed by atoms with van der Waals surface area (Å²) in [6, 6.07) is 0. The summed E-state index contributed by atoms with van der Waals surface area (Å²) >= 11 is 0. The maximum atomic E-state index is 13.0. The monoisotopic (exact) mass is 1350 g/mol. The minimum atomic E-state index is -4.95. The van der Waals surface area contributed by atoms with E-state index in [2.05, 4.69) is 55.4 Å². The van der Waals surface area contributed by atoms with Gasteiger partial charge < -0.3 is 33.8 Å². The standard InChI is InChI=1S/C73H142O17P2/c1-9-66(8)52-44-36-27-21-17-12-10-11-13-18-22-28-39-47-55-73(78)90-69(60-84-71(76)54-46-38-32-31-35-43-51-65(6)7)62-88-92(81,82)86-58-67(74)57-85-91(79,80)87-61-68(59-83-70(75)53-45-37-30-24-26-34-42-50-64(4)5)89-72(77)56-48-40-29-23-19-15-14-16-20-25-33-41-49-63(2)3/h63-69,74H,9-62H2,1-8H3,(H,79,80)(H,81,82)/t66?,67?,68-,69-/m1/s1. The number of rotatable bonds is 70. The fraction of sp³-hybridized carbons (Fsp3) is 0.945. The van der Waals surface area contributed by atoms with E-state index in [9.17, 15) is 43.2 Å². The van der Waals surface area contributed by atoms with Crippen molar-refractivity contribution in [1.29, 1.82) is 0 Å². The third kappa shape index (κ3) is 65.4. The van der Waals surface area contributed by atoms with Crippen molar-refractivity contribution in [1.82, 2.24) is 0 Å². The molecule has 0 bridgehead atoms. The van der Waals surface area contributed by atoms with Gasteiger partial charge in [-0.1, -0.05) is 312 Å². The molecule has 0 amide bonds. The van der Waals surface area contributed by atoms with Crippen LogP contribution in [0.25, 0.3) is 0 Å². The van der Waals surface area contributed by atoms with E-state index in [0.717, 1.165) is 115 Å². The Morgan fingerprint density at radius 2 is 0.522 bits per heavy atom. The molecular weight excluding hydrogens is 1210 g/mol. The van der Waals surface area contributed by atoms with E-state index in [0.29, 0.717) is 37.5 Å². The average molecular weight is 1350 g/mol. The lowest BCUT2D eigenvalue weighted by molar-refractivity contribution is -0.161. The van der Waals surface area contributed by atoms with Gasteiger partial charge in [-0.05, 0) is 49.4 Å². The lowest BCUT2D eigenvalue weighted by Gasteiger charge is -2.21. The van der Waals surface area contributed by atoms with Gasteiger partial charge in [0.1, 0.15) is 19.3 Å². The van der Waals surface area contributed by atoms with E-state index in [4.69, 9.17) is 37.0 Å². The summed E-state index contributed by atoms with van der Waals surface area (Å²) < 4.78 is 68.3. The van der Waals surface area contributed by atoms with Crippen LogP contribution in [0.5, 0.6) is 0 Å². The first-order valence-electron chi connectivity index (χ1n) is 37.7. The molecule has 17 nitrogen and oxygen atoms in total. The van der Waals surface area contributed by atoms with Crippen LogP contribution >= 0.6 is 15.6 Å². The normalized spacial score (nSPS) is 14.5. The number of phosphoric ester groups is 2. The van der Waals surface area contributed by atoms with Gasteiger partial charge in [0.2, 0.25) is 0 Å². The minimum absolute atomic E-state index is 0.105. The maximum Gasteiger partial charge on any atom is 0.472 e. The Kier molecular flexibility index (Phi) is 61.3. The van der Waals surface area contributed by atoms with Gasteiger partial charge in [-0.25, -0.2) is 9.13 Å². The molecule has 0 saturated carbocycles. The number of aliphatic hydroxyl groups is 1.